The Morgan fingerprint density at radius 2 is 1.87 bits per heavy atom. The summed E-state index contributed by atoms with van der Waals surface area (Å²) in [5.74, 6) is 0.380. The van der Waals surface area contributed by atoms with Crippen LogP contribution in [0.2, 0.25) is 0 Å². The molecule has 0 aromatic rings. The third-order valence-corrected chi connectivity index (χ3v) is 5.88. The van der Waals surface area contributed by atoms with Crippen molar-refractivity contribution in [3.05, 3.63) is 0 Å². The maximum atomic E-state index is 12.4. The van der Waals surface area contributed by atoms with Crippen LogP contribution in [0.1, 0.15) is 45.4 Å². The van der Waals surface area contributed by atoms with Crippen molar-refractivity contribution in [1.82, 2.24) is 4.90 Å². The smallest absolute Gasteiger partial charge is 0.242 e. The molecule has 0 spiro atoms. The molecule has 6 nitrogen and oxygen atoms in total. The number of primary amides is 1. The summed E-state index contributed by atoms with van der Waals surface area (Å²) < 4.78 is 0. The van der Waals surface area contributed by atoms with Crippen LogP contribution in [0.4, 0.5) is 0 Å². The fourth-order valence-electron chi connectivity index (χ4n) is 3.21. The number of carbonyl (C=O) groups excluding carboxylic acids is 4. The van der Waals surface area contributed by atoms with Gasteiger partial charge in [0.15, 0.2) is 0 Å². The van der Waals surface area contributed by atoms with E-state index >= 15 is 0 Å². The average molecular weight is 340 g/mol. The number of nitrogens with two attached hydrogens (primary N) is 1. The highest BCUT2D eigenvalue weighted by Gasteiger charge is 2.40. The van der Waals surface area contributed by atoms with Crippen molar-refractivity contribution in [3.8, 4) is 0 Å². The molecule has 1 atom stereocenters. The first-order valence-corrected chi connectivity index (χ1v) is 9.18. The van der Waals surface area contributed by atoms with E-state index in [4.69, 9.17) is 5.73 Å². The second-order valence-electron chi connectivity index (χ2n) is 6.48. The van der Waals surface area contributed by atoms with Crippen LogP contribution in [-0.4, -0.2) is 46.0 Å². The minimum Gasteiger partial charge on any atom is -0.369 e. The molecule has 1 saturated heterocycles. The van der Waals surface area contributed by atoms with Crippen LogP contribution in [0.15, 0.2) is 0 Å². The van der Waals surface area contributed by atoms with Gasteiger partial charge in [-0.3, -0.25) is 24.1 Å². The minimum atomic E-state index is -0.344. The average Bonchev–Trinajstić information content (AvgIpc) is 2.75. The molecule has 23 heavy (non-hydrogen) atoms. The van der Waals surface area contributed by atoms with E-state index in [1.807, 2.05) is 0 Å². The third kappa shape index (κ3) is 4.80. The van der Waals surface area contributed by atoms with Crippen molar-refractivity contribution in [2.75, 3.05) is 12.3 Å². The van der Waals surface area contributed by atoms with Gasteiger partial charge in [-0.05, 0) is 38.5 Å². The number of ketones is 1. The number of hydrogen-bond donors (Lipinski definition) is 1. The lowest BCUT2D eigenvalue weighted by molar-refractivity contribution is -0.139. The SMILES string of the molecule is CC(=O)CCSC1CC(=O)N(CC2CCC(C(N)=O)CC2)C1=O. The summed E-state index contributed by atoms with van der Waals surface area (Å²) in [6.07, 6.45) is 3.80. The fourth-order valence-corrected chi connectivity index (χ4v) is 4.43. The first kappa shape index (κ1) is 18.0. The number of nitrogens with zero attached hydrogens (tertiary/aromatic N) is 1. The van der Waals surface area contributed by atoms with E-state index in [9.17, 15) is 19.2 Å². The molecule has 0 bridgehead atoms. The molecular formula is C16H24N2O4S. The number of imide groups is 1. The first-order chi connectivity index (χ1) is 10.9. The van der Waals surface area contributed by atoms with Crippen molar-refractivity contribution >= 4 is 35.3 Å². The quantitative estimate of drug-likeness (QED) is 0.700. The van der Waals surface area contributed by atoms with Gasteiger partial charge in [0, 0.05) is 31.1 Å². The van der Waals surface area contributed by atoms with Crippen molar-refractivity contribution in [3.63, 3.8) is 0 Å². The highest BCUT2D eigenvalue weighted by atomic mass is 32.2. The van der Waals surface area contributed by atoms with E-state index in [0.717, 1.165) is 25.7 Å². The minimum absolute atomic E-state index is 0.0638. The Labute approximate surface area is 140 Å². The van der Waals surface area contributed by atoms with E-state index in [0.29, 0.717) is 18.7 Å². The molecule has 7 heteroatoms. The summed E-state index contributed by atoms with van der Waals surface area (Å²) in [7, 11) is 0. The molecular weight excluding hydrogens is 316 g/mol. The van der Waals surface area contributed by atoms with Gasteiger partial charge in [-0.2, -0.15) is 0 Å². The summed E-state index contributed by atoms with van der Waals surface area (Å²) in [5.41, 5.74) is 5.32. The second-order valence-corrected chi connectivity index (χ2v) is 7.79. The molecule has 1 heterocycles. The maximum Gasteiger partial charge on any atom is 0.242 e. The number of carbonyl (C=O) groups is 4. The summed E-state index contributed by atoms with van der Waals surface area (Å²) in [6, 6.07) is 0. The highest BCUT2D eigenvalue weighted by Crippen LogP contribution is 2.32. The zero-order chi connectivity index (χ0) is 17.0. The predicted octanol–water partition coefficient (Wildman–Crippen LogP) is 1.12. The molecule has 2 fully saturated rings. The lowest BCUT2D eigenvalue weighted by atomic mass is 9.81. The Kier molecular flexibility index (Phi) is 6.21. The Morgan fingerprint density at radius 1 is 1.22 bits per heavy atom. The Hall–Kier alpha value is -1.37. The van der Waals surface area contributed by atoms with E-state index in [2.05, 4.69) is 0 Å². The Balaban J connectivity index is 1.81. The molecule has 0 aromatic carbocycles. The monoisotopic (exact) mass is 340 g/mol. The number of rotatable bonds is 7. The molecule has 0 radical (unpaired) electrons. The van der Waals surface area contributed by atoms with E-state index in [1.54, 1.807) is 0 Å². The largest absolute Gasteiger partial charge is 0.369 e. The Morgan fingerprint density at radius 3 is 2.43 bits per heavy atom. The van der Waals surface area contributed by atoms with Crippen LogP contribution in [0.3, 0.4) is 0 Å². The standard InChI is InChI=1S/C16H24N2O4S/c1-10(19)6-7-23-13-8-14(20)18(16(13)22)9-11-2-4-12(5-3-11)15(17)21/h11-13H,2-9H2,1H3,(H2,17,21). The van der Waals surface area contributed by atoms with Gasteiger partial charge in [-0.25, -0.2) is 0 Å². The van der Waals surface area contributed by atoms with Gasteiger partial charge in [0.05, 0.1) is 5.25 Å². The van der Waals surface area contributed by atoms with Crippen LogP contribution >= 0.6 is 11.8 Å². The van der Waals surface area contributed by atoms with Crippen LogP contribution < -0.4 is 5.73 Å². The number of hydrogen-bond acceptors (Lipinski definition) is 5. The highest BCUT2D eigenvalue weighted by molar-refractivity contribution is 8.00. The van der Waals surface area contributed by atoms with E-state index in [1.165, 1.54) is 23.6 Å². The molecule has 1 saturated carbocycles. The van der Waals surface area contributed by atoms with Crippen molar-refractivity contribution < 1.29 is 19.2 Å². The van der Waals surface area contributed by atoms with Gasteiger partial charge < -0.3 is 5.73 Å². The molecule has 1 unspecified atom stereocenters. The van der Waals surface area contributed by atoms with E-state index < -0.39 is 0 Å². The predicted molar refractivity (Wildman–Crippen MR) is 87.5 cm³/mol. The summed E-state index contributed by atoms with van der Waals surface area (Å²) >= 11 is 1.40. The van der Waals surface area contributed by atoms with Crippen LogP contribution in [-0.2, 0) is 19.2 Å². The van der Waals surface area contributed by atoms with Crippen LogP contribution in [0.5, 0.6) is 0 Å². The molecule has 0 aromatic heterocycles. The number of Topliss-reactive ketones (excluding diaryl/α,β-unsaturated/α-hetero) is 1. The number of thioether (sulfide) groups is 1. The van der Waals surface area contributed by atoms with Crippen molar-refractivity contribution in [2.24, 2.45) is 17.6 Å². The summed E-state index contributed by atoms with van der Waals surface area (Å²) in [5, 5.41) is -0.344. The van der Waals surface area contributed by atoms with E-state index in [-0.39, 0.29) is 47.0 Å². The van der Waals surface area contributed by atoms with Crippen molar-refractivity contribution in [2.45, 2.75) is 50.7 Å². The molecule has 1 aliphatic carbocycles. The lowest BCUT2D eigenvalue weighted by Gasteiger charge is -2.29. The van der Waals surface area contributed by atoms with Gasteiger partial charge in [0.1, 0.15) is 5.78 Å². The number of amides is 3. The molecule has 2 aliphatic rings. The zero-order valence-corrected chi connectivity index (χ0v) is 14.3. The van der Waals surface area contributed by atoms with Crippen molar-refractivity contribution in [1.29, 1.82) is 0 Å². The molecule has 2 rings (SSSR count). The maximum absolute atomic E-state index is 12.4. The van der Waals surface area contributed by atoms with Gasteiger partial charge in [0.2, 0.25) is 17.7 Å². The molecule has 2 N–H and O–H groups in total. The van der Waals surface area contributed by atoms with Gasteiger partial charge in [-0.1, -0.05) is 0 Å². The second kappa shape index (κ2) is 7.95. The first-order valence-electron chi connectivity index (χ1n) is 8.13. The van der Waals surface area contributed by atoms with Crippen LogP contribution in [0, 0.1) is 11.8 Å². The molecule has 128 valence electrons. The fraction of sp³-hybridized carbons (Fsp3) is 0.750. The van der Waals surface area contributed by atoms with Crippen LogP contribution in [0.25, 0.3) is 0 Å². The third-order valence-electron chi connectivity index (χ3n) is 4.67. The Bertz CT molecular complexity index is 500. The van der Waals surface area contributed by atoms with Gasteiger partial charge in [-0.15, -0.1) is 11.8 Å². The normalized spacial score (nSPS) is 28.2. The lowest BCUT2D eigenvalue weighted by Crippen LogP contribution is -2.38. The van der Waals surface area contributed by atoms with Gasteiger partial charge in [0.25, 0.3) is 0 Å². The molecule has 3 amide bonds. The topological polar surface area (TPSA) is 97.5 Å². The summed E-state index contributed by atoms with van der Waals surface area (Å²) in [6.45, 7) is 1.98. The summed E-state index contributed by atoms with van der Waals surface area (Å²) in [4.78, 5) is 48.0. The molecule has 1 aliphatic heterocycles. The van der Waals surface area contributed by atoms with Gasteiger partial charge >= 0.3 is 0 Å². The number of likely N-dealkylation sites (tertiary alicyclic amines) is 1. The zero-order valence-electron chi connectivity index (χ0n) is 13.5.